The molecule has 8 heteroatoms. The van der Waals surface area contributed by atoms with E-state index in [2.05, 4.69) is 30.9 Å². The summed E-state index contributed by atoms with van der Waals surface area (Å²) in [5.41, 5.74) is 3.99. The summed E-state index contributed by atoms with van der Waals surface area (Å²) >= 11 is 1.58. The highest BCUT2D eigenvalue weighted by molar-refractivity contribution is 7.22. The number of ether oxygens (including phenoxy) is 2. The van der Waals surface area contributed by atoms with Gasteiger partial charge in [-0.25, -0.2) is 4.98 Å². The highest BCUT2D eigenvalue weighted by atomic mass is 35.5. The molecule has 3 aromatic rings. The van der Waals surface area contributed by atoms with Crippen LogP contribution < -0.4 is 9.64 Å². The number of halogens is 1. The second kappa shape index (κ2) is 11.3. The SMILES string of the molecule is Cc1ccc2sc(N(CCN3CCOCC3)C(=O)c3ccc(OC(C)C)cc3)nc2c1C.Cl. The maximum atomic E-state index is 13.6. The molecule has 0 bridgehead atoms. The molecule has 0 N–H and O–H groups in total. The molecule has 1 aliphatic heterocycles. The molecule has 1 fully saturated rings. The van der Waals surface area contributed by atoms with Crippen molar-refractivity contribution < 1.29 is 14.3 Å². The summed E-state index contributed by atoms with van der Waals surface area (Å²) < 4.78 is 12.3. The topological polar surface area (TPSA) is 54.9 Å². The Kier molecular flexibility index (Phi) is 8.70. The van der Waals surface area contributed by atoms with Crippen molar-refractivity contribution in [2.75, 3.05) is 44.3 Å². The van der Waals surface area contributed by atoms with E-state index in [0.29, 0.717) is 12.1 Å². The van der Waals surface area contributed by atoms with Gasteiger partial charge in [-0.2, -0.15) is 0 Å². The van der Waals surface area contributed by atoms with E-state index in [1.54, 1.807) is 11.3 Å². The fraction of sp³-hybridized carbons (Fsp3) is 0.440. The second-order valence-corrected chi connectivity index (χ2v) is 9.46. The van der Waals surface area contributed by atoms with Crippen molar-refractivity contribution in [3.63, 3.8) is 0 Å². The first-order valence-corrected chi connectivity index (χ1v) is 12.0. The Morgan fingerprint density at radius 2 is 1.85 bits per heavy atom. The third-order valence-corrected chi connectivity index (χ3v) is 6.81. The summed E-state index contributed by atoms with van der Waals surface area (Å²) in [6, 6.07) is 11.6. The molecule has 0 spiro atoms. The van der Waals surface area contributed by atoms with Crippen molar-refractivity contribution >= 4 is 45.0 Å². The average Bonchev–Trinajstić information content (AvgIpc) is 3.22. The lowest BCUT2D eigenvalue weighted by atomic mass is 10.1. The second-order valence-electron chi connectivity index (χ2n) is 8.45. The average molecular weight is 490 g/mol. The van der Waals surface area contributed by atoms with Crippen LogP contribution in [0.25, 0.3) is 10.2 Å². The van der Waals surface area contributed by atoms with Gasteiger partial charge in [-0.3, -0.25) is 14.6 Å². The first kappa shape index (κ1) is 25.4. The number of fused-ring (bicyclic) bond motifs is 1. The summed E-state index contributed by atoms with van der Waals surface area (Å²) in [6.45, 7) is 12.8. The third kappa shape index (κ3) is 6.03. The molecule has 0 saturated carbocycles. The molecule has 2 heterocycles. The van der Waals surface area contributed by atoms with Gasteiger partial charge < -0.3 is 9.47 Å². The molecule has 4 rings (SSSR count). The quantitative estimate of drug-likeness (QED) is 0.462. The predicted molar refractivity (Wildman–Crippen MR) is 137 cm³/mol. The minimum atomic E-state index is -0.0391. The Morgan fingerprint density at radius 1 is 1.15 bits per heavy atom. The van der Waals surface area contributed by atoms with Crippen molar-refractivity contribution in [3.05, 3.63) is 53.1 Å². The number of carbonyl (C=O) groups excluding carboxylic acids is 1. The van der Waals surface area contributed by atoms with Crippen molar-refractivity contribution in [3.8, 4) is 5.75 Å². The summed E-state index contributed by atoms with van der Waals surface area (Å²) in [5.74, 6) is 0.727. The Bertz CT molecular complexity index is 1080. The number of carbonyl (C=O) groups is 1. The molecule has 1 aromatic heterocycles. The number of thiazole rings is 1. The Hall–Kier alpha value is -2.19. The number of aryl methyl sites for hydroxylation is 2. The van der Waals surface area contributed by atoms with Gasteiger partial charge in [-0.15, -0.1) is 12.4 Å². The van der Waals surface area contributed by atoms with Crippen molar-refractivity contribution in [1.82, 2.24) is 9.88 Å². The van der Waals surface area contributed by atoms with Crippen LogP contribution in [0, 0.1) is 13.8 Å². The van der Waals surface area contributed by atoms with Crippen LogP contribution in [0.15, 0.2) is 36.4 Å². The van der Waals surface area contributed by atoms with Gasteiger partial charge in [-0.05, 0) is 69.2 Å². The normalized spacial score (nSPS) is 14.3. The summed E-state index contributed by atoms with van der Waals surface area (Å²) in [4.78, 5) is 22.7. The van der Waals surface area contributed by atoms with E-state index in [1.807, 2.05) is 43.0 Å². The van der Waals surface area contributed by atoms with Crippen LogP contribution in [0.5, 0.6) is 5.75 Å². The number of amides is 1. The summed E-state index contributed by atoms with van der Waals surface area (Å²) in [6.07, 6.45) is 0.0935. The molecule has 1 aliphatic rings. The van der Waals surface area contributed by atoms with Gasteiger partial charge in [0.2, 0.25) is 0 Å². The van der Waals surface area contributed by atoms with E-state index in [4.69, 9.17) is 14.5 Å². The first-order valence-electron chi connectivity index (χ1n) is 11.2. The number of hydrogen-bond donors (Lipinski definition) is 0. The molecular formula is C25H32ClN3O3S. The fourth-order valence-corrected chi connectivity index (χ4v) is 4.83. The Balaban J connectivity index is 0.00000306. The van der Waals surface area contributed by atoms with Crippen LogP contribution in [-0.4, -0.2) is 61.3 Å². The Labute approximate surface area is 205 Å². The monoisotopic (exact) mass is 489 g/mol. The van der Waals surface area contributed by atoms with Crippen LogP contribution in [0.1, 0.15) is 35.3 Å². The zero-order valence-corrected chi connectivity index (χ0v) is 21.3. The minimum Gasteiger partial charge on any atom is -0.491 e. The lowest BCUT2D eigenvalue weighted by Gasteiger charge is -2.29. The van der Waals surface area contributed by atoms with Gasteiger partial charge in [0.1, 0.15) is 5.75 Å². The van der Waals surface area contributed by atoms with Gasteiger partial charge in [0, 0.05) is 31.7 Å². The number of rotatable bonds is 7. The Morgan fingerprint density at radius 3 is 2.52 bits per heavy atom. The molecule has 1 saturated heterocycles. The van der Waals surface area contributed by atoms with Crippen LogP contribution in [0.2, 0.25) is 0 Å². The van der Waals surface area contributed by atoms with Gasteiger partial charge in [0.25, 0.3) is 5.91 Å². The number of hydrogen-bond acceptors (Lipinski definition) is 6. The molecule has 0 atom stereocenters. The van der Waals surface area contributed by atoms with E-state index in [1.165, 1.54) is 11.1 Å². The van der Waals surface area contributed by atoms with Gasteiger partial charge in [0.15, 0.2) is 5.13 Å². The number of morpholine rings is 1. The summed E-state index contributed by atoms with van der Waals surface area (Å²) in [5, 5.41) is 0.745. The predicted octanol–water partition coefficient (Wildman–Crippen LogP) is 5.10. The first-order chi connectivity index (χ1) is 15.4. The summed E-state index contributed by atoms with van der Waals surface area (Å²) in [7, 11) is 0. The molecule has 1 amide bonds. The lowest BCUT2D eigenvalue weighted by molar-refractivity contribution is 0.0391. The maximum absolute atomic E-state index is 13.6. The zero-order valence-electron chi connectivity index (χ0n) is 19.7. The molecule has 0 aliphatic carbocycles. The van der Waals surface area contributed by atoms with Crippen LogP contribution in [0.3, 0.4) is 0 Å². The smallest absolute Gasteiger partial charge is 0.260 e. The number of benzene rings is 2. The molecule has 178 valence electrons. The van der Waals surface area contributed by atoms with E-state index in [9.17, 15) is 4.79 Å². The molecule has 33 heavy (non-hydrogen) atoms. The van der Waals surface area contributed by atoms with E-state index in [0.717, 1.165) is 53.9 Å². The molecule has 0 radical (unpaired) electrons. The van der Waals surface area contributed by atoms with E-state index >= 15 is 0 Å². The minimum absolute atomic E-state index is 0. The fourth-order valence-electron chi connectivity index (χ4n) is 3.78. The van der Waals surface area contributed by atoms with Crippen LogP contribution >= 0.6 is 23.7 Å². The zero-order chi connectivity index (χ0) is 22.7. The number of nitrogens with zero attached hydrogens (tertiary/aromatic N) is 3. The van der Waals surface area contributed by atoms with Crippen molar-refractivity contribution in [2.45, 2.75) is 33.8 Å². The lowest BCUT2D eigenvalue weighted by Crippen LogP contribution is -2.43. The highest BCUT2D eigenvalue weighted by Gasteiger charge is 2.23. The van der Waals surface area contributed by atoms with Crippen molar-refractivity contribution in [2.24, 2.45) is 0 Å². The highest BCUT2D eigenvalue weighted by Crippen LogP contribution is 2.32. The van der Waals surface area contributed by atoms with Gasteiger partial charge in [-0.1, -0.05) is 17.4 Å². The molecule has 0 unspecified atom stereocenters. The van der Waals surface area contributed by atoms with Gasteiger partial charge >= 0.3 is 0 Å². The molecule has 2 aromatic carbocycles. The maximum Gasteiger partial charge on any atom is 0.260 e. The van der Waals surface area contributed by atoms with Crippen LogP contribution in [0.4, 0.5) is 5.13 Å². The van der Waals surface area contributed by atoms with E-state index in [-0.39, 0.29) is 24.4 Å². The standard InChI is InChI=1S/C25H31N3O3S.ClH/c1-17(2)31-21-8-6-20(7-9-21)24(29)28(12-11-27-13-15-30-16-14-27)25-26-23-19(4)18(3)5-10-22(23)32-25;/h5-10,17H,11-16H2,1-4H3;1H. The van der Waals surface area contributed by atoms with Crippen molar-refractivity contribution in [1.29, 1.82) is 0 Å². The number of aromatic nitrogens is 1. The number of anilines is 1. The third-order valence-electron chi connectivity index (χ3n) is 5.77. The molecular weight excluding hydrogens is 458 g/mol. The largest absolute Gasteiger partial charge is 0.491 e. The molecule has 6 nitrogen and oxygen atoms in total. The van der Waals surface area contributed by atoms with Crippen LogP contribution in [-0.2, 0) is 4.74 Å². The van der Waals surface area contributed by atoms with Gasteiger partial charge in [0.05, 0.1) is 29.5 Å². The van der Waals surface area contributed by atoms with E-state index < -0.39 is 0 Å².